The van der Waals surface area contributed by atoms with E-state index < -0.39 is 11.6 Å². The molecule has 0 saturated heterocycles. The van der Waals surface area contributed by atoms with Gasteiger partial charge in [0.2, 0.25) is 0 Å². The number of hydrogen-bond acceptors (Lipinski definition) is 5. The van der Waals surface area contributed by atoms with Crippen LogP contribution in [0.5, 0.6) is 0 Å². The number of fused-ring (bicyclic) bond motifs is 1. The lowest BCUT2D eigenvalue weighted by molar-refractivity contribution is 0.184. The van der Waals surface area contributed by atoms with Gasteiger partial charge in [0.25, 0.3) is 5.56 Å². The summed E-state index contributed by atoms with van der Waals surface area (Å²) in [5.74, 6) is 0.613. The Balaban J connectivity index is 1.75. The Labute approximate surface area is 233 Å². The maximum Gasteiger partial charge on any atom is 0.253 e. The van der Waals surface area contributed by atoms with Crippen LogP contribution in [-0.2, 0) is 18.6 Å². The Hall–Kier alpha value is -3.81. The van der Waals surface area contributed by atoms with Crippen LogP contribution in [0.3, 0.4) is 0 Å². The van der Waals surface area contributed by atoms with Gasteiger partial charge in [0.1, 0.15) is 6.04 Å². The number of nitrogens with zero attached hydrogens (tertiary/aromatic N) is 5. The average molecular weight is 541 g/mol. The Morgan fingerprint density at radius 2 is 1.62 bits per heavy atom. The van der Waals surface area contributed by atoms with Gasteiger partial charge in [-0.3, -0.25) is 9.69 Å². The molecule has 0 aliphatic heterocycles. The lowest BCUT2D eigenvalue weighted by atomic mass is 9.98. The van der Waals surface area contributed by atoms with Gasteiger partial charge in [-0.1, -0.05) is 65.7 Å². The molecule has 5 aromatic rings. The number of tetrazole rings is 1. The summed E-state index contributed by atoms with van der Waals surface area (Å²) in [5, 5.41) is 14.6. The highest BCUT2D eigenvalue weighted by Crippen LogP contribution is 2.32. The van der Waals surface area contributed by atoms with Crippen molar-refractivity contribution in [2.75, 3.05) is 0 Å². The summed E-state index contributed by atoms with van der Waals surface area (Å²) >= 11 is 6.20. The number of hydrogen-bond donors (Lipinski definition) is 1. The molecule has 0 aliphatic rings. The molecule has 5 rings (SSSR count). The fourth-order valence-electron chi connectivity index (χ4n) is 5.13. The predicted molar refractivity (Wildman–Crippen MR) is 156 cm³/mol. The number of aryl methyl sites for hydroxylation is 2. The molecule has 2 aromatic heterocycles. The molecule has 0 saturated carbocycles. The Morgan fingerprint density at radius 3 is 2.28 bits per heavy atom. The Bertz CT molecular complexity index is 1650. The molecule has 1 atom stereocenters. The molecule has 0 unspecified atom stereocenters. The maximum absolute atomic E-state index is 13.8. The normalized spacial score (nSPS) is 12.8. The van der Waals surface area contributed by atoms with E-state index in [0.29, 0.717) is 29.5 Å². The highest BCUT2D eigenvalue weighted by Gasteiger charge is 2.33. The molecule has 39 heavy (non-hydrogen) atoms. The van der Waals surface area contributed by atoms with Crippen molar-refractivity contribution in [1.82, 2.24) is 30.1 Å². The molecule has 1 N–H and O–H groups in total. The molecule has 7 nitrogen and oxygen atoms in total. The molecule has 0 bridgehead atoms. The van der Waals surface area contributed by atoms with Crippen LogP contribution in [0.2, 0.25) is 5.02 Å². The highest BCUT2D eigenvalue weighted by molar-refractivity contribution is 6.30. The molecule has 3 aromatic carbocycles. The first kappa shape index (κ1) is 26.8. The molecule has 8 heteroatoms. The van der Waals surface area contributed by atoms with E-state index in [1.165, 1.54) is 0 Å². The molecule has 2 heterocycles. The van der Waals surface area contributed by atoms with Crippen LogP contribution in [0.1, 0.15) is 60.5 Å². The molecular formula is C31H33ClN6O. The minimum atomic E-state index is -0.524. The molecule has 200 valence electrons. The number of H-pyrrole nitrogens is 1. The van der Waals surface area contributed by atoms with E-state index in [-0.39, 0.29) is 5.56 Å². The highest BCUT2D eigenvalue weighted by atomic mass is 35.5. The zero-order chi connectivity index (χ0) is 27.7. The van der Waals surface area contributed by atoms with E-state index >= 15 is 0 Å². The van der Waals surface area contributed by atoms with E-state index in [1.807, 2.05) is 60.1 Å². The van der Waals surface area contributed by atoms with Crippen molar-refractivity contribution in [3.05, 3.63) is 122 Å². The third-order valence-corrected chi connectivity index (χ3v) is 7.13. The van der Waals surface area contributed by atoms with Gasteiger partial charge < -0.3 is 4.98 Å². The second-order valence-electron chi connectivity index (χ2n) is 11.1. The number of aromatic amines is 1. The van der Waals surface area contributed by atoms with E-state index in [1.54, 1.807) is 0 Å². The monoisotopic (exact) mass is 540 g/mol. The topological polar surface area (TPSA) is 79.7 Å². The van der Waals surface area contributed by atoms with E-state index in [4.69, 9.17) is 11.6 Å². The van der Waals surface area contributed by atoms with Gasteiger partial charge in [-0.15, -0.1) is 5.10 Å². The number of rotatable bonds is 7. The lowest BCUT2D eigenvalue weighted by Gasteiger charge is -2.33. The zero-order valence-electron chi connectivity index (χ0n) is 22.9. The molecule has 0 fully saturated rings. The van der Waals surface area contributed by atoms with Gasteiger partial charge >= 0.3 is 0 Å². The smallest absolute Gasteiger partial charge is 0.253 e. The third-order valence-electron chi connectivity index (χ3n) is 6.88. The number of aromatic nitrogens is 5. The van der Waals surface area contributed by atoms with Crippen molar-refractivity contribution in [3.8, 4) is 0 Å². The first-order valence-corrected chi connectivity index (χ1v) is 13.4. The SMILES string of the molecule is Cc1cc(C)c2[nH]c(=O)c([C@@H](c3nnnn3C(C)(C)C)N(Cc3ccccc3)Cc3ccc(Cl)cc3)cc2c1. The fraction of sp³-hybridized carbons (Fsp3) is 0.290. The zero-order valence-corrected chi connectivity index (χ0v) is 23.7. The summed E-state index contributed by atoms with van der Waals surface area (Å²) in [5.41, 5.74) is 5.25. The third kappa shape index (κ3) is 5.79. The minimum absolute atomic E-state index is 0.155. The summed E-state index contributed by atoms with van der Waals surface area (Å²) in [7, 11) is 0. The van der Waals surface area contributed by atoms with Gasteiger partial charge in [0.15, 0.2) is 5.82 Å². The van der Waals surface area contributed by atoms with E-state index in [9.17, 15) is 4.79 Å². The molecule has 0 aliphatic carbocycles. The van der Waals surface area contributed by atoms with Crippen LogP contribution in [0.25, 0.3) is 10.9 Å². The summed E-state index contributed by atoms with van der Waals surface area (Å²) in [6, 6.07) is 23.7. The summed E-state index contributed by atoms with van der Waals surface area (Å²) in [4.78, 5) is 19.3. The van der Waals surface area contributed by atoms with Gasteiger partial charge in [0, 0.05) is 23.7 Å². The van der Waals surface area contributed by atoms with Crippen LogP contribution >= 0.6 is 11.6 Å². The molecule has 0 amide bonds. The van der Waals surface area contributed by atoms with Gasteiger partial charge in [-0.05, 0) is 91.4 Å². The second kappa shape index (κ2) is 10.8. The van der Waals surface area contributed by atoms with Crippen LogP contribution < -0.4 is 5.56 Å². The number of pyridine rings is 1. The predicted octanol–water partition coefficient (Wildman–Crippen LogP) is 6.33. The fourth-order valence-corrected chi connectivity index (χ4v) is 5.26. The summed E-state index contributed by atoms with van der Waals surface area (Å²) < 4.78 is 1.82. The second-order valence-corrected chi connectivity index (χ2v) is 11.6. The van der Waals surface area contributed by atoms with Crippen LogP contribution in [0, 0.1) is 13.8 Å². The largest absolute Gasteiger partial charge is 0.321 e. The van der Waals surface area contributed by atoms with Crippen LogP contribution in [0.15, 0.2) is 77.6 Å². The lowest BCUT2D eigenvalue weighted by Crippen LogP contribution is -2.37. The van der Waals surface area contributed by atoms with Crippen molar-refractivity contribution in [2.45, 2.75) is 59.3 Å². The Morgan fingerprint density at radius 1 is 0.949 bits per heavy atom. The van der Waals surface area contributed by atoms with Crippen LogP contribution in [0.4, 0.5) is 0 Å². The summed E-state index contributed by atoms with van der Waals surface area (Å²) in [6.07, 6.45) is 0. The first-order valence-electron chi connectivity index (χ1n) is 13.1. The number of halogens is 1. The van der Waals surface area contributed by atoms with Gasteiger partial charge in [0.05, 0.1) is 11.1 Å². The van der Waals surface area contributed by atoms with Crippen LogP contribution in [-0.4, -0.2) is 30.1 Å². The number of benzene rings is 3. The van der Waals surface area contributed by atoms with Gasteiger partial charge in [-0.2, -0.15) is 0 Å². The standard InChI is InChI=1S/C31H33ClN6O/c1-20-15-21(2)27-24(16-20)17-26(30(39)33-27)28(29-34-35-36-38(29)31(3,4)5)37(18-22-9-7-6-8-10-22)19-23-11-13-25(32)14-12-23/h6-17,28H,18-19H2,1-5H3,(H,33,39)/t28-/m0/s1. The molecular weight excluding hydrogens is 508 g/mol. The van der Waals surface area contributed by atoms with Crippen molar-refractivity contribution >= 4 is 22.5 Å². The first-order chi connectivity index (χ1) is 18.6. The van der Waals surface area contributed by atoms with Crippen molar-refractivity contribution in [3.63, 3.8) is 0 Å². The molecule has 0 spiro atoms. The van der Waals surface area contributed by atoms with E-state index in [0.717, 1.165) is 33.2 Å². The van der Waals surface area contributed by atoms with Gasteiger partial charge in [-0.25, -0.2) is 4.68 Å². The maximum atomic E-state index is 13.8. The number of nitrogens with one attached hydrogen (secondary N) is 1. The van der Waals surface area contributed by atoms with Crippen molar-refractivity contribution in [2.24, 2.45) is 0 Å². The molecule has 0 radical (unpaired) electrons. The van der Waals surface area contributed by atoms with E-state index in [2.05, 4.69) is 77.4 Å². The minimum Gasteiger partial charge on any atom is -0.321 e. The average Bonchev–Trinajstić information content (AvgIpc) is 3.37. The summed E-state index contributed by atoms with van der Waals surface area (Å²) in [6.45, 7) is 11.4. The Kier molecular flexibility index (Phi) is 7.38. The van der Waals surface area contributed by atoms with Crippen molar-refractivity contribution < 1.29 is 0 Å². The quantitative estimate of drug-likeness (QED) is 0.261. The van der Waals surface area contributed by atoms with Crippen molar-refractivity contribution in [1.29, 1.82) is 0 Å².